The maximum Gasteiger partial charge on any atom is 0.322 e. The Kier molecular flexibility index (Phi) is 3.57. The molecule has 1 N–H and O–H groups in total. The van der Waals surface area contributed by atoms with Crippen molar-refractivity contribution in [3.05, 3.63) is 34.9 Å². The number of nitrogens with one attached hydrogen (secondary N) is 1. The molecular formula is C11H10ClFN4O. The summed E-state index contributed by atoms with van der Waals surface area (Å²) in [7, 11) is 1.41. The van der Waals surface area contributed by atoms with E-state index in [2.05, 4.69) is 20.3 Å². The van der Waals surface area contributed by atoms with Crippen LogP contribution in [0.3, 0.4) is 0 Å². The molecule has 1 heterocycles. The quantitative estimate of drug-likeness (QED) is 0.927. The van der Waals surface area contributed by atoms with E-state index in [9.17, 15) is 4.39 Å². The molecule has 1 aromatic heterocycles. The average Bonchev–Trinajstić information content (AvgIpc) is 2.33. The Morgan fingerprint density at radius 3 is 2.78 bits per heavy atom. The molecule has 0 unspecified atom stereocenters. The van der Waals surface area contributed by atoms with Gasteiger partial charge in [0.15, 0.2) is 0 Å². The lowest BCUT2D eigenvalue weighted by molar-refractivity contribution is 0.379. The molecule has 1 aromatic carbocycles. The van der Waals surface area contributed by atoms with E-state index in [0.717, 1.165) is 5.56 Å². The number of rotatable bonds is 3. The van der Waals surface area contributed by atoms with Crippen LogP contribution in [0.2, 0.25) is 5.28 Å². The third-order valence-electron chi connectivity index (χ3n) is 2.14. The van der Waals surface area contributed by atoms with Gasteiger partial charge in [0.05, 0.1) is 12.8 Å². The van der Waals surface area contributed by atoms with Crippen LogP contribution >= 0.6 is 11.6 Å². The van der Waals surface area contributed by atoms with Gasteiger partial charge in [-0.3, -0.25) is 0 Å². The van der Waals surface area contributed by atoms with Crippen molar-refractivity contribution in [1.82, 2.24) is 15.0 Å². The molecule has 2 aromatic rings. The fraction of sp³-hybridized carbons (Fsp3) is 0.182. The first-order valence-electron chi connectivity index (χ1n) is 5.07. The van der Waals surface area contributed by atoms with Gasteiger partial charge in [0.25, 0.3) is 0 Å². The Hall–Kier alpha value is -1.95. The first-order valence-corrected chi connectivity index (χ1v) is 5.45. The lowest BCUT2D eigenvalue weighted by Crippen LogP contribution is -2.03. The van der Waals surface area contributed by atoms with Gasteiger partial charge in [-0.05, 0) is 36.2 Å². The largest absolute Gasteiger partial charge is 0.467 e. The van der Waals surface area contributed by atoms with Gasteiger partial charge in [-0.25, -0.2) is 4.39 Å². The van der Waals surface area contributed by atoms with Gasteiger partial charge >= 0.3 is 6.01 Å². The fourth-order valence-electron chi connectivity index (χ4n) is 1.33. The van der Waals surface area contributed by atoms with Crippen LogP contribution in [0.5, 0.6) is 6.01 Å². The van der Waals surface area contributed by atoms with E-state index in [1.165, 1.54) is 13.2 Å². The number of aromatic nitrogens is 3. The van der Waals surface area contributed by atoms with Gasteiger partial charge in [-0.1, -0.05) is 6.07 Å². The third-order valence-corrected chi connectivity index (χ3v) is 2.31. The molecule has 0 saturated carbocycles. The van der Waals surface area contributed by atoms with E-state index in [4.69, 9.17) is 16.3 Å². The van der Waals surface area contributed by atoms with Crippen LogP contribution in [0.15, 0.2) is 18.2 Å². The van der Waals surface area contributed by atoms with Crippen molar-refractivity contribution in [2.24, 2.45) is 0 Å². The van der Waals surface area contributed by atoms with Gasteiger partial charge in [0.1, 0.15) is 5.82 Å². The predicted octanol–water partition coefficient (Wildman–Crippen LogP) is 2.72. The summed E-state index contributed by atoms with van der Waals surface area (Å²) in [5.74, 6) is -0.285. The summed E-state index contributed by atoms with van der Waals surface area (Å²) in [5.41, 5.74) is 1.17. The summed E-state index contributed by atoms with van der Waals surface area (Å²) < 4.78 is 18.4. The zero-order valence-corrected chi connectivity index (χ0v) is 10.5. The van der Waals surface area contributed by atoms with Crippen LogP contribution in [0.25, 0.3) is 0 Å². The SMILES string of the molecule is COc1nc(Cl)nc(Nc2cc(C)ccc2F)n1. The summed E-state index contributed by atoms with van der Waals surface area (Å²) in [6.07, 6.45) is 0. The Morgan fingerprint density at radius 2 is 2.06 bits per heavy atom. The minimum atomic E-state index is -0.406. The molecule has 0 saturated heterocycles. The van der Waals surface area contributed by atoms with Gasteiger partial charge in [0.2, 0.25) is 11.2 Å². The second-order valence-electron chi connectivity index (χ2n) is 3.52. The van der Waals surface area contributed by atoms with Gasteiger partial charge in [0, 0.05) is 0 Å². The highest BCUT2D eigenvalue weighted by Gasteiger charge is 2.08. The monoisotopic (exact) mass is 268 g/mol. The minimum absolute atomic E-state index is 0.0302. The number of ether oxygens (including phenoxy) is 1. The molecule has 7 heteroatoms. The second-order valence-corrected chi connectivity index (χ2v) is 3.86. The molecule has 0 radical (unpaired) electrons. The van der Waals surface area contributed by atoms with E-state index < -0.39 is 5.82 Å². The van der Waals surface area contributed by atoms with Crippen LogP contribution < -0.4 is 10.1 Å². The summed E-state index contributed by atoms with van der Waals surface area (Å²) in [5, 5.41) is 2.70. The van der Waals surface area contributed by atoms with Crippen LogP contribution in [0.4, 0.5) is 16.0 Å². The van der Waals surface area contributed by atoms with E-state index in [0.29, 0.717) is 0 Å². The first kappa shape index (κ1) is 12.5. The van der Waals surface area contributed by atoms with Crippen molar-refractivity contribution in [1.29, 1.82) is 0 Å². The number of methoxy groups -OCH3 is 1. The van der Waals surface area contributed by atoms with E-state index in [-0.39, 0.29) is 22.9 Å². The van der Waals surface area contributed by atoms with Crippen molar-refractivity contribution in [3.63, 3.8) is 0 Å². The molecule has 94 valence electrons. The molecular weight excluding hydrogens is 259 g/mol. The molecule has 0 atom stereocenters. The maximum absolute atomic E-state index is 13.5. The van der Waals surface area contributed by atoms with Gasteiger partial charge in [-0.15, -0.1) is 0 Å². The van der Waals surface area contributed by atoms with Gasteiger partial charge < -0.3 is 10.1 Å². The van der Waals surface area contributed by atoms with E-state index in [1.54, 1.807) is 12.1 Å². The molecule has 0 fully saturated rings. The first-order chi connectivity index (χ1) is 8.58. The highest BCUT2D eigenvalue weighted by atomic mass is 35.5. The second kappa shape index (κ2) is 5.14. The Labute approximate surface area is 108 Å². The van der Waals surface area contributed by atoms with E-state index in [1.807, 2.05) is 6.92 Å². The lowest BCUT2D eigenvalue weighted by Gasteiger charge is -2.07. The number of benzene rings is 1. The maximum atomic E-state index is 13.5. The zero-order chi connectivity index (χ0) is 13.1. The molecule has 2 rings (SSSR count). The van der Waals surface area contributed by atoms with Crippen molar-refractivity contribution >= 4 is 23.2 Å². The molecule has 18 heavy (non-hydrogen) atoms. The fourth-order valence-corrected chi connectivity index (χ4v) is 1.49. The highest BCUT2D eigenvalue weighted by Crippen LogP contribution is 2.20. The molecule has 5 nitrogen and oxygen atoms in total. The Balaban J connectivity index is 2.33. The molecule has 0 aliphatic carbocycles. The lowest BCUT2D eigenvalue weighted by atomic mass is 10.2. The zero-order valence-electron chi connectivity index (χ0n) is 9.74. The molecule has 0 amide bonds. The number of anilines is 2. The smallest absolute Gasteiger partial charge is 0.322 e. The van der Waals surface area contributed by atoms with Crippen LogP contribution in [-0.4, -0.2) is 22.1 Å². The summed E-state index contributed by atoms with van der Waals surface area (Å²) in [4.78, 5) is 11.5. The van der Waals surface area contributed by atoms with Gasteiger partial charge in [-0.2, -0.15) is 15.0 Å². The van der Waals surface area contributed by atoms with Crippen LogP contribution in [-0.2, 0) is 0 Å². The van der Waals surface area contributed by atoms with Crippen molar-refractivity contribution in [2.45, 2.75) is 6.92 Å². The standard InChI is InChI=1S/C11H10ClFN4O/c1-6-3-4-7(13)8(5-6)14-10-15-9(12)16-11(17-10)18-2/h3-5H,1-2H3,(H,14,15,16,17). The average molecular weight is 269 g/mol. The highest BCUT2D eigenvalue weighted by molar-refractivity contribution is 6.28. The summed E-state index contributed by atoms with van der Waals surface area (Å²) >= 11 is 5.69. The summed E-state index contributed by atoms with van der Waals surface area (Å²) in [6.45, 7) is 1.85. The third kappa shape index (κ3) is 2.84. The number of hydrogen-bond donors (Lipinski definition) is 1. The predicted molar refractivity (Wildman–Crippen MR) is 65.8 cm³/mol. The number of nitrogens with zero attached hydrogens (tertiary/aromatic N) is 3. The van der Waals surface area contributed by atoms with Crippen molar-refractivity contribution in [3.8, 4) is 6.01 Å². The molecule has 0 bridgehead atoms. The normalized spacial score (nSPS) is 10.2. The molecule has 0 aliphatic rings. The number of halogens is 2. The minimum Gasteiger partial charge on any atom is -0.467 e. The number of aryl methyl sites for hydroxylation is 1. The summed E-state index contributed by atoms with van der Waals surface area (Å²) in [6, 6.07) is 4.73. The molecule has 0 spiro atoms. The Bertz CT molecular complexity index is 579. The van der Waals surface area contributed by atoms with Crippen molar-refractivity contribution in [2.75, 3.05) is 12.4 Å². The van der Waals surface area contributed by atoms with Crippen LogP contribution in [0.1, 0.15) is 5.56 Å². The van der Waals surface area contributed by atoms with Crippen molar-refractivity contribution < 1.29 is 9.13 Å². The molecule has 0 aliphatic heterocycles. The Morgan fingerprint density at radius 1 is 1.28 bits per heavy atom. The van der Waals surface area contributed by atoms with E-state index >= 15 is 0 Å². The van der Waals surface area contributed by atoms with Crippen LogP contribution in [0, 0.1) is 12.7 Å². The topological polar surface area (TPSA) is 59.9 Å². The number of hydrogen-bond acceptors (Lipinski definition) is 5.